The van der Waals surface area contributed by atoms with Crippen LogP contribution in [0, 0.1) is 0 Å². The van der Waals surface area contributed by atoms with E-state index < -0.39 is 0 Å². The van der Waals surface area contributed by atoms with Crippen LogP contribution in [-0.2, 0) is 11.3 Å². The van der Waals surface area contributed by atoms with Gasteiger partial charge < -0.3 is 9.47 Å². The van der Waals surface area contributed by atoms with Crippen LogP contribution < -0.4 is 10.3 Å². The second kappa shape index (κ2) is 7.20. The van der Waals surface area contributed by atoms with E-state index in [-0.39, 0.29) is 5.56 Å². The summed E-state index contributed by atoms with van der Waals surface area (Å²) in [4.78, 5) is 17.2. The van der Waals surface area contributed by atoms with Gasteiger partial charge in [-0.25, -0.2) is 4.98 Å². The Morgan fingerprint density at radius 2 is 1.95 bits per heavy atom. The highest BCUT2D eigenvalue weighted by Crippen LogP contribution is 2.13. The van der Waals surface area contributed by atoms with E-state index in [4.69, 9.17) is 9.47 Å². The fourth-order valence-corrected chi connectivity index (χ4v) is 2.78. The van der Waals surface area contributed by atoms with Crippen molar-refractivity contribution in [2.75, 3.05) is 19.8 Å². The third kappa shape index (κ3) is 3.52. The number of rotatable bonds is 7. The van der Waals surface area contributed by atoms with Crippen molar-refractivity contribution in [3.8, 4) is 5.75 Å². The minimum absolute atomic E-state index is 0.0182. The highest BCUT2D eigenvalue weighted by Gasteiger charge is 2.04. The van der Waals surface area contributed by atoms with Crippen LogP contribution in [0.15, 0.2) is 52.9 Å². The summed E-state index contributed by atoms with van der Waals surface area (Å²) in [5.41, 5.74) is -0.0182. The largest absolute Gasteiger partial charge is 0.491 e. The van der Waals surface area contributed by atoms with Crippen LogP contribution in [0.25, 0.3) is 10.2 Å². The van der Waals surface area contributed by atoms with Crippen LogP contribution in [-0.4, -0.2) is 29.4 Å². The first-order chi connectivity index (χ1) is 10.8. The average Bonchev–Trinajstić information content (AvgIpc) is 3.03. The van der Waals surface area contributed by atoms with Crippen molar-refractivity contribution in [1.29, 1.82) is 0 Å². The standard InChI is InChI=1S/C16H16N2O3S/c19-16-14-6-11-22-15(14)17-12-18(16)7-8-20-9-10-21-13-4-2-1-3-5-13/h1-6,11-12H,7-10H2. The van der Waals surface area contributed by atoms with Crippen molar-refractivity contribution in [2.45, 2.75) is 6.54 Å². The normalized spacial score (nSPS) is 10.9. The van der Waals surface area contributed by atoms with Gasteiger partial charge in [0.1, 0.15) is 17.2 Å². The van der Waals surface area contributed by atoms with Crippen molar-refractivity contribution in [2.24, 2.45) is 0 Å². The molecule has 0 spiro atoms. The summed E-state index contributed by atoms with van der Waals surface area (Å²) in [6.45, 7) is 1.91. The van der Waals surface area contributed by atoms with Gasteiger partial charge in [-0.2, -0.15) is 0 Å². The van der Waals surface area contributed by atoms with Gasteiger partial charge in [0.2, 0.25) is 0 Å². The Labute approximate surface area is 131 Å². The summed E-state index contributed by atoms with van der Waals surface area (Å²) in [6, 6.07) is 11.4. The van der Waals surface area contributed by atoms with Crippen LogP contribution in [0.1, 0.15) is 0 Å². The SMILES string of the molecule is O=c1c2ccsc2ncn1CCOCCOc1ccccc1. The molecule has 0 saturated carbocycles. The van der Waals surface area contributed by atoms with E-state index >= 15 is 0 Å². The summed E-state index contributed by atoms with van der Waals surface area (Å²) in [6.07, 6.45) is 1.57. The van der Waals surface area contributed by atoms with Gasteiger partial charge in [-0.1, -0.05) is 18.2 Å². The van der Waals surface area contributed by atoms with Crippen LogP contribution >= 0.6 is 11.3 Å². The summed E-state index contributed by atoms with van der Waals surface area (Å²) < 4.78 is 12.6. The molecular formula is C16H16N2O3S. The molecular weight excluding hydrogens is 300 g/mol. The van der Waals surface area contributed by atoms with Crippen molar-refractivity contribution in [3.05, 3.63) is 58.5 Å². The fourth-order valence-electron chi connectivity index (χ4n) is 2.05. The molecule has 0 aliphatic heterocycles. The summed E-state index contributed by atoms with van der Waals surface area (Å²) >= 11 is 1.47. The number of aromatic nitrogens is 2. The van der Waals surface area contributed by atoms with Crippen molar-refractivity contribution < 1.29 is 9.47 Å². The van der Waals surface area contributed by atoms with Crippen LogP contribution in [0.2, 0.25) is 0 Å². The molecule has 0 aliphatic carbocycles. The van der Waals surface area contributed by atoms with Gasteiger partial charge >= 0.3 is 0 Å². The predicted molar refractivity (Wildman–Crippen MR) is 86.6 cm³/mol. The average molecular weight is 316 g/mol. The third-order valence-electron chi connectivity index (χ3n) is 3.17. The second-order valence-electron chi connectivity index (χ2n) is 4.66. The smallest absolute Gasteiger partial charge is 0.262 e. The van der Waals surface area contributed by atoms with E-state index in [1.165, 1.54) is 11.3 Å². The first kappa shape index (κ1) is 14.7. The molecule has 114 valence electrons. The Kier molecular flexibility index (Phi) is 4.82. The molecule has 0 aliphatic rings. The van der Waals surface area contributed by atoms with E-state index in [0.717, 1.165) is 10.6 Å². The molecule has 0 amide bonds. The highest BCUT2D eigenvalue weighted by atomic mass is 32.1. The Hall–Kier alpha value is -2.18. The Balaban J connectivity index is 1.43. The van der Waals surface area contributed by atoms with Gasteiger partial charge in [0.15, 0.2) is 0 Å². The van der Waals surface area contributed by atoms with Crippen LogP contribution in [0.5, 0.6) is 5.75 Å². The zero-order chi connectivity index (χ0) is 15.2. The highest BCUT2D eigenvalue weighted by molar-refractivity contribution is 7.16. The molecule has 0 bridgehead atoms. The molecule has 0 unspecified atom stereocenters. The molecule has 3 aromatic rings. The minimum Gasteiger partial charge on any atom is -0.491 e. The Bertz CT molecular complexity index is 783. The molecule has 1 aromatic carbocycles. The molecule has 2 heterocycles. The van der Waals surface area contributed by atoms with Gasteiger partial charge in [-0.05, 0) is 23.6 Å². The number of hydrogen-bond acceptors (Lipinski definition) is 5. The first-order valence-corrected chi connectivity index (χ1v) is 7.91. The predicted octanol–water partition coefficient (Wildman–Crippen LogP) is 2.55. The molecule has 2 aromatic heterocycles. The molecule has 0 N–H and O–H groups in total. The maximum absolute atomic E-state index is 12.1. The van der Waals surface area contributed by atoms with Gasteiger partial charge in [0.25, 0.3) is 5.56 Å². The lowest BCUT2D eigenvalue weighted by Crippen LogP contribution is -2.22. The monoisotopic (exact) mass is 316 g/mol. The number of para-hydroxylation sites is 1. The lowest BCUT2D eigenvalue weighted by Gasteiger charge is -2.08. The van der Waals surface area contributed by atoms with Gasteiger partial charge in [0, 0.05) is 0 Å². The Morgan fingerprint density at radius 3 is 2.82 bits per heavy atom. The maximum Gasteiger partial charge on any atom is 0.262 e. The number of nitrogens with zero attached hydrogens (tertiary/aromatic N) is 2. The van der Waals surface area contributed by atoms with Crippen molar-refractivity contribution in [3.63, 3.8) is 0 Å². The van der Waals surface area contributed by atoms with Gasteiger partial charge in [-0.3, -0.25) is 9.36 Å². The van der Waals surface area contributed by atoms with E-state index in [9.17, 15) is 4.79 Å². The first-order valence-electron chi connectivity index (χ1n) is 7.03. The maximum atomic E-state index is 12.1. The fraction of sp³-hybridized carbons (Fsp3) is 0.250. The summed E-state index contributed by atoms with van der Waals surface area (Å²) in [7, 11) is 0. The molecule has 0 fully saturated rings. The molecule has 0 radical (unpaired) electrons. The topological polar surface area (TPSA) is 53.4 Å². The van der Waals surface area contributed by atoms with Crippen molar-refractivity contribution >= 4 is 21.6 Å². The summed E-state index contributed by atoms with van der Waals surface area (Å²) in [5, 5.41) is 2.54. The van der Waals surface area contributed by atoms with E-state index in [2.05, 4.69) is 4.98 Å². The lowest BCUT2D eigenvalue weighted by molar-refractivity contribution is 0.0938. The zero-order valence-electron chi connectivity index (χ0n) is 12.0. The number of ether oxygens (including phenoxy) is 2. The van der Waals surface area contributed by atoms with Gasteiger partial charge in [-0.15, -0.1) is 11.3 Å². The van der Waals surface area contributed by atoms with Crippen molar-refractivity contribution in [1.82, 2.24) is 9.55 Å². The third-order valence-corrected chi connectivity index (χ3v) is 3.99. The van der Waals surface area contributed by atoms with Crippen LogP contribution in [0.4, 0.5) is 0 Å². The minimum atomic E-state index is -0.0182. The van der Waals surface area contributed by atoms with Crippen LogP contribution in [0.3, 0.4) is 0 Å². The quantitative estimate of drug-likeness (QED) is 0.629. The Morgan fingerprint density at radius 1 is 1.09 bits per heavy atom. The van der Waals surface area contributed by atoms with E-state index in [1.54, 1.807) is 17.0 Å². The van der Waals surface area contributed by atoms with Gasteiger partial charge in [0.05, 0.1) is 31.5 Å². The molecule has 0 saturated heterocycles. The number of thiophene rings is 1. The molecule has 5 nitrogen and oxygen atoms in total. The molecule has 22 heavy (non-hydrogen) atoms. The number of hydrogen-bond donors (Lipinski definition) is 0. The molecule has 3 rings (SSSR count). The van der Waals surface area contributed by atoms with E-state index in [1.807, 2.05) is 35.7 Å². The second-order valence-corrected chi connectivity index (χ2v) is 5.55. The lowest BCUT2D eigenvalue weighted by atomic mass is 10.3. The molecule has 0 atom stereocenters. The summed E-state index contributed by atoms with van der Waals surface area (Å²) in [5.74, 6) is 0.828. The number of benzene rings is 1. The molecule has 6 heteroatoms. The van der Waals surface area contributed by atoms with E-state index in [0.29, 0.717) is 31.8 Å². The zero-order valence-corrected chi connectivity index (χ0v) is 12.8. The number of fused-ring (bicyclic) bond motifs is 1.